The molecule has 2 unspecified atom stereocenters. The molecule has 9 nitrogen and oxygen atoms in total. The van der Waals surface area contributed by atoms with Gasteiger partial charge >= 0.3 is 6.03 Å². The molecule has 1 aromatic carbocycles. The summed E-state index contributed by atoms with van der Waals surface area (Å²) in [6, 6.07) is 10.8. The molecule has 3 amide bonds. The third kappa shape index (κ3) is 3.18. The van der Waals surface area contributed by atoms with Crippen LogP contribution in [0.3, 0.4) is 0 Å². The quantitative estimate of drug-likeness (QED) is 0.682. The number of H-pyrrole nitrogens is 1. The number of benzene rings is 1. The average Bonchev–Trinajstić information content (AvgIpc) is 3.30. The van der Waals surface area contributed by atoms with Gasteiger partial charge in [0, 0.05) is 43.4 Å². The summed E-state index contributed by atoms with van der Waals surface area (Å²) in [4.78, 5) is 42.9. The van der Waals surface area contributed by atoms with Crippen molar-refractivity contribution < 1.29 is 9.59 Å². The number of pyridine rings is 1. The number of carbonyl (C=O) groups excluding carboxylic acids is 2. The Hall–Kier alpha value is -3.88. The standard InChI is InChI=1S/C22H23N7O2/c1-13-4-5-14-11-16(24-17(14)10-13)12-29-20(30)18-19(28(3)22(29)31)26-21(27(18)2)25-15-6-8-23-9-7-15/h4-11,18-19,24H,12H2,1-3H3,(H,23,25,26). The molecule has 2 aromatic heterocycles. The number of nitrogens with zero attached hydrogens (tertiary/aromatic N) is 5. The van der Waals surface area contributed by atoms with Crippen molar-refractivity contribution in [2.24, 2.45) is 4.99 Å². The monoisotopic (exact) mass is 417 g/mol. The lowest BCUT2D eigenvalue weighted by Gasteiger charge is -2.40. The van der Waals surface area contributed by atoms with Gasteiger partial charge in [-0.1, -0.05) is 12.1 Å². The highest BCUT2D eigenvalue weighted by atomic mass is 16.2. The summed E-state index contributed by atoms with van der Waals surface area (Å²) >= 11 is 0. The topological polar surface area (TPSA) is 96.9 Å². The minimum absolute atomic E-state index is 0.180. The number of rotatable bonds is 3. The van der Waals surface area contributed by atoms with E-state index in [0.717, 1.165) is 27.8 Å². The Labute approximate surface area is 179 Å². The van der Waals surface area contributed by atoms with E-state index in [1.54, 1.807) is 24.3 Å². The highest BCUT2D eigenvalue weighted by molar-refractivity contribution is 6.06. The summed E-state index contributed by atoms with van der Waals surface area (Å²) in [7, 11) is 3.49. The number of guanidine groups is 1. The highest BCUT2D eigenvalue weighted by Gasteiger charge is 2.51. The number of hydrogen-bond donors (Lipinski definition) is 2. The lowest BCUT2D eigenvalue weighted by molar-refractivity contribution is -0.137. The number of hydrogen-bond acceptors (Lipinski definition) is 6. The van der Waals surface area contributed by atoms with Crippen LogP contribution in [0.15, 0.2) is 53.8 Å². The number of imide groups is 1. The summed E-state index contributed by atoms with van der Waals surface area (Å²) in [5.41, 5.74) is 3.76. The number of nitrogens with one attached hydrogen (secondary N) is 2. The fraction of sp³-hybridized carbons (Fsp3) is 0.273. The number of amides is 3. The first-order chi connectivity index (χ1) is 14.9. The van der Waals surface area contributed by atoms with E-state index >= 15 is 0 Å². The molecular formula is C22H23N7O2. The number of aliphatic imine (C=N–C) groups is 1. The first-order valence-electron chi connectivity index (χ1n) is 10.1. The molecule has 2 atom stereocenters. The number of carbonyl (C=O) groups is 2. The first kappa shape index (κ1) is 19.1. The largest absolute Gasteiger partial charge is 0.357 e. The minimum Gasteiger partial charge on any atom is -0.357 e. The fourth-order valence-corrected chi connectivity index (χ4v) is 4.15. The molecule has 158 valence electrons. The highest BCUT2D eigenvalue weighted by Crippen LogP contribution is 2.28. The molecule has 0 spiro atoms. The Kier molecular flexibility index (Phi) is 4.39. The van der Waals surface area contributed by atoms with Crippen molar-refractivity contribution in [1.29, 1.82) is 0 Å². The van der Waals surface area contributed by atoms with Gasteiger partial charge in [-0.3, -0.25) is 14.7 Å². The summed E-state index contributed by atoms with van der Waals surface area (Å²) in [5.74, 6) is 0.276. The van der Waals surface area contributed by atoms with E-state index in [0.29, 0.717) is 5.96 Å². The van der Waals surface area contributed by atoms with E-state index in [9.17, 15) is 9.59 Å². The van der Waals surface area contributed by atoms with E-state index < -0.39 is 12.2 Å². The van der Waals surface area contributed by atoms with Crippen LogP contribution in [0.4, 0.5) is 10.5 Å². The van der Waals surface area contributed by atoms with Crippen LogP contribution in [0.2, 0.25) is 0 Å². The van der Waals surface area contributed by atoms with Gasteiger partial charge in [0.1, 0.15) is 0 Å². The van der Waals surface area contributed by atoms with Gasteiger partial charge < -0.3 is 20.1 Å². The van der Waals surface area contributed by atoms with Gasteiger partial charge in [-0.05, 0) is 42.1 Å². The molecular weight excluding hydrogens is 394 g/mol. The van der Waals surface area contributed by atoms with Crippen molar-refractivity contribution in [3.05, 3.63) is 60.0 Å². The molecule has 4 heterocycles. The molecule has 1 fully saturated rings. The first-order valence-corrected chi connectivity index (χ1v) is 10.1. The van der Waals surface area contributed by atoms with Gasteiger partial charge in [-0.25, -0.2) is 9.79 Å². The van der Waals surface area contributed by atoms with Gasteiger partial charge in [0.25, 0.3) is 5.91 Å². The van der Waals surface area contributed by atoms with Crippen LogP contribution in [0, 0.1) is 6.92 Å². The van der Waals surface area contributed by atoms with Gasteiger partial charge in [0.15, 0.2) is 12.2 Å². The number of likely N-dealkylation sites (N-methyl/N-ethyl adjacent to an activating group) is 2. The molecule has 31 heavy (non-hydrogen) atoms. The zero-order valence-electron chi connectivity index (χ0n) is 17.5. The third-order valence-corrected chi connectivity index (χ3v) is 5.84. The Morgan fingerprint density at radius 2 is 1.84 bits per heavy atom. The van der Waals surface area contributed by atoms with E-state index in [-0.39, 0.29) is 18.5 Å². The Morgan fingerprint density at radius 1 is 1.06 bits per heavy atom. The molecule has 0 radical (unpaired) electrons. The second-order valence-corrected chi connectivity index (χ2v) is 7.99. The fourth-order valence-electron chi connectivity index (χ4n) is 4.15. The van der Waals surface area contributed by atoms with Crippen molar-refractivity contribution >= 4 is 34.5 Å². The SMILES string of the molecule is Cc1ccc2cc(CN3C(=O)C4C(N=C(Nc5ccncc5)N4C)N(C)C3=O)[nH]c2c1. The van der Waals surface area contributed by atoms with Crippen molar-refractivity contribution in [2.45, 2.75) is 25.7 Å². The van der Waals surface area contributed by atoms with Crippen LogP contribution in [0.25, 0.3) is 10.9 Å². The predicted molar refractivity (Wildman–Crippen MR) is 117 cm³/mol. The zero-order chi connectivity index (χ0) is 21.7. The van der Waals surface area contributed by atoms with Crippen LogP contribution in [-0.4, -0.2) is 68.9 Å². The number of aromatic amines is 1. The molecule has 0 saturated carbocycles. The molecule has 3 aromatic rings. The van der Waals surface area contributed by atoms with Crippen molar-refractivity contribution in [3.63, 3.8) is 0 Å². The average molecular weight is 417 g/mol. The summed E-state index contributed by atoms with van der Waals surface area (Å²) < 4.78 is 0. The Balaban J connectivity index is 1.40. The van der Waals surface area contributed by atoms with E-state index in [2.05, 4.69) is 26.3 Å². The summed E-state index contributed by atoms with van der Waals surface area (Å²) in [6.07, 6.45) is 2.78. The van der Waals surface area contributed by atoms with E-state index in [4.69, 9.17) is 0 Å². The molecule has 2 N–H and O–H groups in total. The second-order valence-electron chi connectivity index (χ2n) is 7.99. The second kappa shape index (κ2) is 7.12. The Morgan fingerprint density at radius 3 is 2.61 bits per heavy atom. The third-order valence-electron chi connectivity index (χ3n) is 5.84. The van der Waals surface area contributed by atoms with Gasteiger partial charge in [0.05, 0.1) is 6.54 Å². The van der Waals surface area contributed by atoms with Crippen molar-refractivity contribution in [2.75, 3.05) is 19.4 Å². The molecule has 1 saturated heterocycles. The normalized spacial score (nSPS) is 21.0. The van der Waals surface area contributed by atoms with Gasteiger partial charge in [0.2, 0.25) is 5.96 Å². The summed E-state index contributed by atoms with van der Waals surface area (Å²) in [5, 5.41) is 4.26. The van der Waals surface area contributed by atoms with E-state index in [1.165, 1.54) is 9.80 Å². The summed E-state index contributed by atoms with van der Waals surface area (Å²) in [6.45, 7) is 2.21. The maximum atomic E-state index is 13.4. The molecule has 0 bridgehead atoms. The van der Waals surface area contributed by atoms with Crippen molar-refractivity contribution in [1.82, 2.24) is 24.7 Å². The Bertz CT molecular complexity index is 1200. The van der Waals surface area contributed by atoms with Crippen LogP contribution in [-0.2, 0) is 11.3 Å². The number of urea groups is 1. The number of fused-ring (bicyclic) bond motifs is 2. The molecule has 2 aliphatic rings. The van der Waals surface area contributed by atoms with E-state index in [1.807, 2.05) is 44.3 Å². The number of aryl methyl sites for hydroxylation is 1. The van der Waals surface area contributed by atoms with Crippen LogP contribution in [0.1, 0.15) is 11.3 Å². The smallest absolute Gasteiger partial charge is 0.328 e. The van der Waals surface area contributed by atoms with Crippen LogP contribution >= 0.6 is 0 Å². The lowest BCUT2D eigenvalue weighted by Crippen LogP contribution is -2.64. The molecule has 9 heteroatoms. The van der Waals surface area contributed by atoms with Crippen molar-refractivity contribution in [3.8, 4) is 0 Å². The maximum Gasteiger partial charge on any atom is 0.328 e. The molecule has 0 aliphatic carbocycles. The minimum atomic E-state index is -0.585. The van der Waals surface area contributed by atoms with Gasteiger partial charge in [-0.15, -0.1) is 0 Å². The maximum absolute atomic E-state index is 13.4. The lowest BCUT2D eigenvalue weighted by atomic mass is 10.1. The van der Waals surface area contributed by atoms with Crippen LogP contribution < -0.4 is 5.32 Å². The van der Waals surface area contributed by atoms with Crippen LogP contribution in [0.5, 0.6) is 0 Å². The number of aromatic nitrogens is 2. The zero-order valence-corrected chi connectivity index (χ0v) is 17.5. The van der Waals surface area contributed by atoms with Gasteiger partial charge in [-0.2, -0.15) is 0 Å². The predicted octanol–water partition coefficient (Wildman–Crippen LogP) is 2.37. The molecule has 2 aliphatic heterocycles. The number of anilines is 1. The molecule has 5 rings (SSSR count).